The maximum atomic E-state index is 12.9. The maximum Gasteiger partial charge on any atom is 0.226 e. The molecule has 1 N–H and O–H groups in total. The summed E-state index contributed by atoms with van der Waals surface area (Å²) in [6.07, 6.45) is 6.90. The minimum atomic E-state index is 0.0471. The molecular formula is C26H38ClN3O3. The molecule has 2 saturated heterocycles. The van der Waals surface area contributed by atoms with Gasteiger partial charge < -0.3 is 15.0 Å². The summed E-state index contributed by atoms with van der Waals surface area (Å²) in [4.78, 5) is 30.1. The summed E-state index contributed by atoms with van der Waals surface area (Å²) in [5.41, 5.74) is 3.00. The third kappa shape index (κ3) is 6.28. The van der Waals surface area contributed by atoms with E-state index < -0.39 is 0 Å². The van der Waals surface area contributed by atoms with Crippen LogP contribution >= 0.6 is 11.6 Å². The fourth-order valence-electron chi connectivity index (χ4n) is 5.60. The monoisotopic (exact) mass is 475 g/mol. The molecular weight excluding hydrogens is 438 g/mol. The van der Waals surface area contributed by atoms with Crippen LogP contribution in [-0.2, 0) is 20.9 Å². The molecule has 0 radical (unpaired) electrons. The summed E-state index contributed by atoms with van der Waals surface area (Å²) < 4.78 is 5.40. The molecule has 0 bridgehead atoms. The number of rotatable bonds is 6. The second-order valence-corrected chi connectivity index (χ2v) is 10.6. The highest BCUT2D eigenvalue weighted by Gasteiger charge is 2.33. The van der Waals surface area contributed by atoms with Gasteiger partial charge in [0.15, 0.2) is 0 Å². The van der Waals surface area contributed by atoms with E-state index in [1.54, 1.807) is 0 Å². The summed E-state index contributed by atoms with van der Waals surface area (Å²) in [6.45, 7) is 8.98. The zero-order valence-electron chi connectivity index (χ0n) is 20.1. The number of carbonyl (C=O) groups excluding carboxylic acids is 2. The smallest absolute Gasteiger partial charge is 0.226 e. The Kier molecular flexibility index (Phi) is 8.31. The lowest BCUT2D eigenvalue weighted by Crippen LogP contribution is -2.54. The first-order valence-electron chi connectivity index (χ1n) is 12.6. The molecule has 1 unspecified atom stereocenters. The van der Waals surface area contributed by atoms with Crippen LogP contribution in [0, 0.1) is 18.8 Å². The first kappa shape index (κ1) is 24.5. The second kappa shape index (κ2) is 11.2. The van der Waals surface area contributed by atoms with E-state index in [1.807, 2.05) is 12.1 Å². The number of halogens is 1. The molecule has 1 atom stereocenters. The Bertz CT molecular complexity index is 849. The fourth-order valence-corrected chi connectivity index (χ4v) is 5.84. The van der Waals surface area contributed by atoms with Gasteiger partial charge in [0.05, 0.1) is 0 Å². The van der Waals surface area contributed by atoms with E-state index in [0.717, 1.165) is 81.9 Å². The number of hydrogen-bond acceptors (Lipinski definition) is 4. The predicted molar refractivity (Wildman–Crippen MR) is 131 cm³/mol. The zero-order valence-corrected chi connectivity index (χ0v) is 20.8. The Morgan fingerprint density at radius 3 is 2.55 bits per heavy atom. The van der Waals surface area contributed by atoms with Gasteiger partial charge in [-0.15, -0.1) is 0 Å². The summed E-state index contributed by atoms with van der Waals surface area (Å²) in [7, 11) is 0. The second-order valence-electron chi connectivity index (χ2n) is 10.1. The predicted octanol–water partition coefficient (Wildman–Crippen LogP) is 4.63. The number of amides is 2. The lowest BCUT2D eigenvalue weighted by molar-refractivity contribution is -0.140. The van der Waals surface area contributed by atoms with Crippen molar-refractivity contribution in [2.24, 2.45) is 11.8 Å². The van der Waals surface area contributed by atoms with Gasteiger partial charge in [-0.1, -0.05) is 24.4 Å². The van der Waals surface area contributed by atoms with Crippen molar-refractivity contribution in [2.45, 2.75) is 71.4 Å². The lowest BCUT2D eigenvalue weighted by Gasteiger charge is -2.41. The Labute approximate surface area is 203 Å². The zero-order chi connectivity index (χ0) is 23.4. The third-order valence-corrected chi connectivity index (χ3v) is 7.88. The average Bonchev–Trinajstić information content (AvgIpc) is 3.32. The number of ether oxygens (including phenoxy) is 1. The Morgan fingerprint density at radius 1 is 1.12 bits per heavy atom. The van der Waals surface area contributed by atoms with Gasteiger partial charge in [0.2, 0.25) is 11.8 Å². The van der Waals surface area contributed by atoms with E-state index in [9.17, 15) is 9.59 Å². The normalized spacial score (nSPS) is 23.1. The molecule has 0 spiro atoms. The molecule has 33 heavy (non-hydrogen) atoms. The van der Waals surface area contributed by atoms with Crippen molar-refractivity contribution in [2.75, 3.05) is 38.2 Å². The highest BCUT2D eigenvalue weighted by molar-refractivity contribution is 6.31. The van der Waals surface area contributed by atoms with Gasteiger partial charge in [0, 0.05) is 68.5 Å². The molecule has 4 rings (SSSR count). The lowest BCUT2D eigenvalue weighted by atomic mass is 9.96. The van der Waals surface area contributed by atoms with Crippen LogP contribution in [-0.4, -0.2) is 60.5 Å². The quantitative estimate of drug-likeness (QED) is 0.651. The van der Waals surface area contributed by atoms with Crippen molar-refractivity contribution in [3.8, 4) is 0 Å². The molecule has 3 fully saturated rings. The Balaban J connectivity index is 1.35. The molecule has 1 aromatic rings. The van der Waals surface area contributed by atoms with Crippen LogP contribution in [0.15, 0.2) is 12.1 Å². The molecule has 2 heterocycles. The minimum Gasteiger partial charge on any atom is -0.381 e. The standard InChI is InChI=1S/C26H38ClN3O3/c1-18-16-29(9-10-30(18)26(32)21-5-3-4-6-21)17-22-14-23(27)15-24(19(22)2)28-25(31)13-20-7-11-33-12-8-20/h14-15,18,20-21H,3-13,16-17H2,1-2H3,(H,28,31). The van der Waals surface area contributed by atoms with E-state index in [2.05, 4.69) is 29.0 Å². The molecule has 1 aliphatic carbocycles. The first-order valence-corrected chi connectivity index (χ1v) is 13.0. The van der Waals surface area contributed by atoms with Crippen LogP contribution in [0.4, 0.5) is 5.69 Å². The summed E-state index contributed by atoms with van der Waals surface area (Å²) >= 11 is 6.44. The van der Waals surface area contributed by atoms with E-state index in [-0.39, 0.29) is 17.9 Å². The molecule has 0 aromatic heterocycles. The highest BCUT2D eigenvalue weighted by Crippen LogP contribution is 2.30. The van der Waals surface area contributed by atoms with Crippen molar-refractivity contribution in [3.63, 3.8) is 0 Å². The topological polar surface area (TPSA) is 61.9 Å². The van der Waals surface area contributed by atoms with Gasteiger partial charge in [-0.2, -0.15) is 0 Å². The van der Waals surface area contributed by atoms with Crippen molar-refractivity contribution in [3.05, 3.63) is 28.3 Å². The van der Waals surface area contributed by atoms with Crippen LogP contribution in [0.25, 0.3) is 0 Å². The molecule has 1 saturated carbocycles. The average molecular weight is 476 g/mol. The van der Waals surface area contributed by atoms with Crippen LogP contribution < -0.4 is 5.32 Å². The van der Waals surface area contributed by atoms with Crippen molar-refractivity contribution in [1.82, 2.24) is 9.80 Å². The molecule has 182 valence electrons. The van der Waals surface area contributed by atoms with E-state index in [0.29, 0.717) is 23.3 Å². The van der Waals surface area contributed by atoms with Crippen LogP contribution in [0.3, 0.4) is 0 Å². The van der Waals surface area contributed by atoms with Gasteiger partial charge >= 0.3 is 0 Å². The highest BCUT2D eigenvalue weighted by atomic mass is 35.5. The Hall–Kier alpha value is -1.63. The molecule has 3 aliphatic rings. The van der Waals surface area contributed by atoms with Gasteiger partial charge in [-0.3, -0.25) is 14.5 Å². The number of nitrogens with zero attached hydrogens (tertiary/aromatic N) is 2. The molecule has 7 heteroatoms. The number of benzene rings is 1. The van der Waals surface area contributed by atoms with Gasteiger partial charge in [0.1, 0.15) is 0 Å². The number of piperazine rings is 1. The van der Waals surface area contributed by atoms with E-state index >= 15 is 0 Å². The Morgan fingerprint density at radius 2 is 1.85 bits per heavy atom. The maximum absolute atomic E-state index is 12.9. The van der Waals surface area contributed by atoms with E-state index in [4.69, 9.17) is 16.3 Å². The number of anilines is 1. The van der Waals surface area contributed by atoms with Crippen molar-refractivity contribution >= 4 is 29.1 Å². The van der Waals surface area contributed by atoms with Gasteiger partial charge in [-0.25, -0.2) is 0 Å². The SMILES string of the molecule is Cc1c(CN2CCN(C(=O)C3CCCC3)C(C)C2)cc(Cl)cc1NC(=O)CC1CCOCC1. The summed E-state index contributed by atoms with van der Waals surface area (Å²) in [5, 5.41) is 3.74. The molecule has 2 aliphatic heterocycles. The van der Waals surface area contributed by atoms with Gasteiger partial charge in [0.25, 0.3) is 0 Å². The largest absolute Gasteiger partial charge is 0.381 e. The number of nitrogens with one attached hydrogen (secondary N) is 1. The summed E-state index contributed by atoms with van der Waals surface area (Å²) in [5.74, 6) is 1.03. The van der Waals surface area contributed by atoms with Gasteiger partial charge in [-0.05, 0) is 68.7 Å². The third-order valence-electron chi connectivity index (χ3n) is 7.66. The van der Waals surface area contributed by atoms with Crippen LogP contribution in [0.5, 0.6) is 0 Å². The van der Waals surface area contributed by atoms with Crippen LogP contribution in [0.2, 0.25) is 5.02 Å². The van der Waals surface area contributed by atoms with Crippen LogP contribution in [0.1, 0.15) is 63.0 Å². The number of hydrogen-bond donors (Lipinski definition) is 1. The fraction of sp³-hybridized carbons (Fsp3) is 0.692. The van der Waals surface area contributed by atoms with Crippen molar-refractivity contribution in [1.29, 1.82) is 0 Å². The first-order chi connectivity index (χ1) is 15.9. The number of carbonyl (C=O) groups is 2. The molecule has 2 amide bonds. The van der Waals surface area contributed by atoms with E-state index in [1.165, 1.54) is 12.8 Å². The molecule has 1 aromatic carbocycles. The van der Waals surface area contributed by atoms with Crippen molar-refractivity contribution < 1.29 is 14.3 Å². The summed E-state index contributed by atoms with van der Waals surface area (Å²) in [6, 6.07) is 4.07. The minimum absolute atomic E-state index is 0.0471. The molecule has 6 nitrogen and oxygen atoms in total.